The van der Waals surface area contributed by atoms with E-state index in [1.165, 1.54) is 70.6 Å². The Labute approximate surface area is 117 Å². The van der Waals surface area contributed by atoms with Crippen LogP contribution in [0.5, 0.6) is 0 Å². The summed E-state index contributed by atoms with van der Waals surface area (Å²) in [4.78, 5) is 0. The first-order chi connectivity index (χ1) is 8.45. The van der Waals surface area contributed by atoms with Crippen LogP contribution in [0.15, 0.2) is 0 Å². The quantitative estimate of drug-likeness (QED) is 0.349. The van der Waals surface area contributed by atoms with Crippen LogP contribution in [0.1, 0.15) is 105 Å². The molecule has 0 nitrogen and oxygen atoms in total. The van der Waals surface area contributed by atoms with E-state index in [2.05, 4.69) is 34.6 Å². The van der Waals surface area contributed by atoms with Crippen LogP contribution in [-0.2, 0) is 0 Å². The molecule has 0 spiro atoms. The van der Waals surface area contributed by atoms with Crippen LogP contribution < -0.4 is 0 Å². The second-order valence-electron chi connectivity index (χ2n) is 7.44. The second-order valence-corrected chi connectivity index (χ2v) is 7.44. The van der Waals surface area contributed by atoms with Crippen molar-refractivity contribution in [3.8, 4) is 0 Å². The summed E-state index contributed by atoms with van der Waals surface area (Å²) in [6.45, 7) is 11.7. The molecule has 0 aliphatic carbocycles. The van der Waals surface area contributed by atoms with Gasteiger partial charge in [0.05, 0.1) is 0 Å². The highest BCUT2D eigenvalue weighted by Gasteiger charge is 2.08. The summed E-state index contributed by atoms with van der Waals surface area (Å²) in [5.41, 5.74) is 0.538. The Morgan fingerprint density at radius 1 is 0.722 bits per heavy atom. The molecule has 0 aromatic carbocycles. The fourth-order valence-corrected chi connectivity index (χ4v) is 2.41. The maximum atomic E-state index is 2.38. The van der Waals surface area contributed by atoms with Gasteiger partial charge in [-0.15, -0.1) is 0 Å². The lowest BCUT2D eigenvalue weighted by atomic mass is 9.89. The van der Waals surface area contributed by atoms with Crippen molar-refractivity contribution in [3.05, 3.63) is 0 Å². The van der Waals surface area contributed by atoms with Gasteiger partial charge < -0.3 is 0 Å². The van der Waals surface area contributed by atoms with E-state index in [1.807, 2.05) is 0 Å². The zero-order chi connectivity index (χ0) is 13.9. The molecule has 1 atom stereocenters. The number of hydrogen-bond donors (Lipinski definition) is 0. The lowest BCUT2D eigenvalue weighted by Gasteiger charge is -2.17. The minimum absolute atomic E-state index is 0.538. The van der Waals surface area contributed by atoms with Crippen LogP contribution in [0.2, 0.25) is 0 Å². The molecular formula is C18H38. The number of unbranched alkanes of at least 4 members (excludes halogenated alkanes) is 7. The summed E-state index contributed by atoms with van der Waals surface area (Å²) in [6, 6.07) is 0. The predicted molar refractivity (Wildman–Crippen MR) is 85.1 cm³/mol. The van der Waals surface area contributed by atoms with E-state index in [4.69, 9.17) is 0 Å². The molecule has 0 heteroatoms. The van der Waals surface area contributed by atoms with E-state index >= 15 is 0 Å². The smallest absolute Gasteiger partial charge is 0.0383 e. The Balaban J connectivity index is 3.08. The van der Waals surface area contributed by atoms with Crippen molar-refractivity contribution < 1.29 is 0 Å². The largest absolute Gasteiger partial charge is 0.0651 e. The Kier molecular flexibility index (Phi) is 10.9. The molecule has 0 rings (SSSR count). The summed E-state index contributed by atoms with van der Waals surface area (Å²) in [5.74, 6) is 0.947. The van der Waals surface area contributed by atoms with Crippen molar-refractivity contribution in [1.29, 1.82) is 0 Å². The maximum Gasteiger partial charge on any atom is -0.0383 e. The normalized spacial score (nSPS) is 13.8. The summed E-state index contributed by atoms with van der Waals surface area (Å²) >= 11 is 0. The summed E-state index contributed by atoms with van der Waals surface area (Å²) in [5, 5.41) is 0. The molecule has 0 saturated heterocycles. The zero-order valence-corrected chi connectivity index (χ0v) is 13.9. The molecule has 18 heavy (non-hydrogen) atoms. The average Bonchev–Trinajstić information content (AvgIpc) is 2.29. The molecular weight excluding hydrogens is 216 g/mol. The Bertz CT molecular complexity index is 163. The van der Waals surface area contributed by atoms with Crippen LogP contribution in [0, 0.1) is 11.3 Å². The third kappa shape index (κ3) is 14.1. The van der Waals surface area contributed by atoms with Crippen molar-refractivity contribution in [2.75, 3.05) is 0 Å². The maximum absolute atomic E-state index is 2.38. The molecule has 0 radical (unpaired) electrons. The van der Waals surface area contributed by atoms with Crippen molar-refractivity contribution in [3.63, 3.8) is 0 Å². The van der Waals surface area contributed by atoms with Crippen molar-refractivity contribution in [1.82, 2.24) is 0 Å². The van der Waals surface area contributed by atoms with E-state index < -0.39 is 0 Å². The number of rotatable bonds is 11. The van der Waals surface area contributed by atoms with E-state index in [0.29, 0.717) is 5.41 Å². The van der Waals surface area contributed by atoms with Gasteiger partial charge in [0.1, 0.15) is 0 Å². The van der Waals surface area contributed by atoms with Gasteiger partial charge in [0.25, 0.3) is 0 Å². The highest BCUT2D eigenvalue weighted by atomic mass is 14.1. The highest BCUT2D eigenvalue weighted by Crippen LogP contribution is 2.22. The topological polar surface area (TPSA) is 0 Å². The fraction of sp³-hybridized carbons (Fsp3) is 1.00. The molecule has 1 unspecified atom stereocenters. The van der Waals surface area contributed by atoms with E-state index in [9.17, 15) is 0 Å². The summed E-state index contributed by atoms with van der Waals surface area (Å²) in [6.07, 6.45) is 15.9. The van der Waals surface area contributed by atoms with Gasteiger partial charge in [0.2, 0.25) is 0 Å². The molecule has 0 N–H and O–H groups in total. The molecule has 0 heterocycles. The SMILES string of the molecule is CCC(C)CCCCCCCCCCC(C)(C)C. The van der Waals surface area contributed by atoms with Crippen molar-refractivity contribution in [2.24, 2.45) is 11.3 Å². The molecule has 0 aliphatic rings. The Morgan fingerprint density at radius 2 is 1.17 bits per heavy atom. The molecule has 0 bridgehead atoms. The first kappa shape index (κ1) is 18.0. The lowest BCUT2D eigenvalue weighted by Crippen LogP contribution is -2.03. The van der Waals surface area contributed by atoms with Gasteiger partial charge in [0.15, 0.2) is 0 Å². The summed E-state index contributed by atoms with van der Waals surface area (Å²) < 4.78 is 0. The first-order valence-corrected chi connectivity index (χ1v) is 8.45. The molecule has 110 valence electrons. The van der Waals surface area contributed by atoms with Gasteiger partial charge in [0, 0.05) is 0 Å². The molecule has 0 saturated carbocycles. The highest BCUT2D eigenvalue weighted by molar-refractivity contribution is 4.61. The van der Waals surface area contributed by atoms with Gasteiger partial charge in [-0.05, 0) is 17.8 Å². The molecule has 0 fully saturated rings. The standard InChI is InChI=1S/C18H38/c1-6-17(2)15-13-11-9-7-8-10-12-14-16-18(3,4)5/h17H,6-16H2,1-5H3. The molecule has 0 amide bonds. The van der Waals surface area contributed by atoms with Crippen LogP contribution >= 0.6 is 0 Å². The molecule has 0 aliphatic heterocycles. The minimum atomic E-state index is 0.538. The molecule has 0 aromatic rings. The Morgan fingerprint density at radius 3 is 1.61 bits per heavy atom. The predicted octanol–water partition coefficient (Wildman–Crippen LogP) is 6.98. The zero-order valence-electron chi connectivity index (χ0n) is 13.9. The lowest BCUT2D eigenvalue weighted by molar-refractivity contribution is 0.356. The van der Waals surface area contributed by atoms with E-state index in [-0.39, 0.29) is 0 Å². The number of hydrogen-bond acceptors (Lipinski definition) is 0. The summed E-state index contributed by atoms with van der Waals surface area (Å²) in [7, 11) is 0. The minimum Gasteiger partial charge on any atom is -0.0651 e. The van der Waals surface area contributed by atoms with Crippen LogP contribution in [-0.4, -0.2) is 0 Å². The Hall–Kier alpha value is 0. The second kappa shape index (κ2) is 10.9. The third-order valence-corrected chi connectivity index (χ3v) is 4.07. The van der Waals surface area contributed by atoms with Crippen LogP contribution in [0.25, 0.3) is 0 Å². The average molecular weight is 255 g/mol. The van der Waals surface area contributed by atoms with Crippen molar-refractivity contribution >= 4 is 0 Å². The van der Waals surface area contributed by atoms with Gasteiger partial charge in [-0.2, -0.15) is 0 Å². The monoisotopic (exact) mass is 254 g/mol. The van der Waals surface area contributed by atoms with Crippen molar-refractivity contribution in [2.45, 2.75) is 105 Å². The van der Waals surface area contributed by atoms with Crippen LogP contribution in [0.4, 0.5) is 0 Å². The van der Waals surface area contributed by atoms with Gasteiger partial charge in [-0.1, -0.05) is 98.8 Å². The fourth-order valence-electron chi connectivity index (χ4n) is 2.41. The molecule has 0 aromatic heterocycles. The first-order valence-electron chi connectivity index (χ1n) is 8.45. The van der Waals surface area contributed by atoms with Crippen LogP contribution in [0.3, 0.4) is 0 Å². The van der Waals surface area contributed by atoms with Gasteiger partial charge >= 0.3 is 0 Å². The van der Waals surface area contributed by atoms with Gasteiger partial charge in [-0.3, -0.25) is 0 Å². The third-order valence-electron chi connectivity index (χ3n) is 4.07. The van der Waals surface area contributed by atoms with E-state index in [0.717, 1.165) is 5.92 Å². The van der Waals surface area contributed by atoms with Gasteiger partial charge in [-0.25, -0.2) is 0 Å². The van der Waals surface area contributed by atoms with E-state index in [1.54, 1.807) is 0 Å².